The fourth-order valence-electron chi connectivity index (χ4n) is 1.88. The second kappa shape index (κ2) is 5.56. The fraction of sp³-hybridized carbons (Fsp3) is 0.214. The van der Waals surface area contributed by atoms with Gasteiger partial charge in [-0.3, -0.25) is 10.1 Å². The summed E-state index contributed by atoms with van der Waals surface area (Å²) in [5.41, 5.74) is 7.75. The molecule has 0 amide bonds. The van der Waals surface area contributed by atoms with Crippen molar-refractivity contribution in [3.05, 3.63) is 57.6 Å². The number of nitrogens with one attached hydrogen (secondary N) is 1. The Morgan fingerprint density at radius 3 is 2.55 bits per heavy atom. The van der Waals surface area contributed by atoms with E-state index in [2.05, 4.69) is 10.3 Å². The smallest absolute Gasteiger partial charge is 0.276 e. The lowest BCUT2D eigenvalue weighted by atomic mass is 10.1. The molecule has 0 bridgehead atoms. The summed E-state index contributed by atoms with van der Waals surface area (Å²) in [5.74, 6) is 0.516. The van der Waals surface area contributed by atoms with Gasteiger partial charge in [0.25, 0.3) is 5.69 Å². The molecule has 1 aromatic heterocycles. The molecule has 1 atom stereocenters. The first-order valence-corrected chi connectivity index (χ1v) is 6.21. The quantitative estimate of drug-likeness (QED) is 0.659. The van der Waals surface area contributed by atoms with Gasteiger partial charge >= 0.3 is 0 Å². The molecular formula is C14H16N4O2. The molecule has 3 N–H and O–H groups in total. The third-order valence-corrected chi connectivity index (χ3v) is 2.98. The second-order valence-corrected chi connectivity index (χ2v) is 4.67. The van der Waals surface area contributed by atoms with E-state index in [-0.39, 0.29) is 17.5 Å². The Labute approximate surface area is 116 Å². The lowest BCUT2D eigenvalue weighted by Crippen LogP contribution is -2.09. The van der Waals surface area contributed by atoms with E-state index >= 15 is 0 Å². The summed E-state index contributed by atoms with van der Waals surface area (Å²) in [4.78, 5) is 14.4. The fourth-order valence-corrected chi connectivity index (χ4v) is 1.88. The molecule has 1 heterocycles. The summed E-state index contributed by atoms with van der Waals surface area (Å²) in [6, 6.07) is 10.6. The number of aromatic nitrogens is 1. The highest BCUT2D eigenvalue weighted by Crippen LogP contribution is 2.23. The standard InChI is InChI=1S/C14H16N4O2/c1-9-3-5-11(6-4-9)10(2)16-14-8-12(18(19)20)7-13(15)17-14/h3-8,10H,1-2H3,(H3,15,16,17). The lowest BCUT2D eigenvalue weighted by Gasteiger charge is -2.15. The van der Waals surface area contributed by atoms with E-state index in [1.807, 2.05) is 38.1 Å². The van der Waals surface area contributed by atoms with Crippen LogP contribution in [0.3, 0.4) is 0 Å². The zero-order valence-corrected chi connectivity index (χ0v) is 11.3. The predicted molar refractivity (Wildman–Crippen MR) is 78.5 cm³/mol. The minimum Gasteiger partial charge on any atom is -0.383 e. The number of hydrogen-bond acceptors (Lipinski definition) is 5. The molecule has 0 radical (unpaired) electrons. The molecule has 2 rings (SSSR count). The highest BCUT2D eigenvalue weighted by Gasteiger charge is 2.12. The van der Waals surface area contributed by atoms with Gasteiger partial charge in [-0.1, -0.05) is 29.8 Å². The summed E-state index contributed by atoms with van der Waals surface area (Å²) < 4.78 is 0. The van der Waals surface area contributed by atoms with Crippen LogP contribution in [-0.2, 0) is 0 Å². The first-order chi connectivity index (χ1) is 9.45. The average molecular weight is 272 g/mol. The monoisotopic (exact) mass is 272 g/mol. The molecule has 6 heteroatoms. The number of nitrogen functional groups attached to an aromatic ring is 1. The average Bonchev–Trinajstić information content (AvgIpc) is 2.38. The maximum Gasteiger partial charge on any atom is 0.276 e. The summed E-state index contributed by atoms with van der Waals surface area (Å²) in [6.45, 7) is 3.98. The van der Waals surface area contributed by atoms with Gasteiger partial charge < -0.3 is 11.1 Å². The van der Waals surface area contributed by atoms with Crippen molar-refractivity contribution in [1.29, 1.82) is 0 Å². The number of hydrogen-bond donors (Lipinski definition) is 2. The van der Waals surface area contributed by atoms with Gasteiger partial charge in [0, 0.05) is 6.04 Å². The predicted octanol–water partition coefficient (Wildman–Crippen LogP) is 3.05. The second-order valence-electron chi connectivity index (χ2n) is 4.67. The minimum atomic E-state index is -0.486. The molecule has 1 unspecified atom stereocenters. The van der Waals surface area contributed by atoms with Crippen LogP contribution in [0.1, 0.15) is 24.1 Å². The zero-order valence-electron chi connectivity index (χ0n) is 11.3. The van der Waals surface area contributed by atoms with Gasteiger partial charge in [-0.2, -0.15) is 0 Å². The molecule has 0 aliphatic rings. The topological polar surface area (TPSA) is 94.1 Å². The zero-order chi connectivity index (χ0) is 14.7. The summed E-state index contributed by atoms with van der Waals surface area (Å²) in [6.07, 6.45) is 0. The molecular weight excluding hydrogens is 256 g/mol. The van der Waals surface area contributed by atoms with Crippen LogP contribution in [0.2, 0.25) is 0 Å². The summed E-state index contributed by atoms with van der Waals surface area (Å²) in [5, 5.41) is 13.9. The van der Waals surface area contributed by atoms with Crippen molar-refractivity contribution in [2.24, 2.45) is 0 Å². The van der Waals surface area contributed by atoms with Gasteiger partial charge in [0.15, 0.2) is 0 Å². The molecule has 6 nitrogen and oxygen atoms in total. The molecule has 2 aromatic rings. The Morgan fingerprint density at radius 1 is 1.30 bits per heavy atom. The van der Waals surface area contributed by atoms with Crippen molar-refractivity contribution in [3.63, 3.8) is 0 Å². The maximum atomic E-state index is 10.8. The highest BCUT2D eigenvalue weighted by molar-refractivity contribution is 5.53. The van der Waals surface area contributed by atoms with E-state index in [1.54, 1.807) is 0 Å². The van der Waals surface area contributed by atoms with E-state index in [0.717, 1.165) is 5.56 Å². The Morgan fingerprint density at radius 2 is 1.95 bits per heavy atom. The number of nitrogens with two attached hydrogens (primary N) is 1. The van der Waals surface area contributed by atoms with Crippen molar-refractivity contribution in [1.82, 2.24) is 4.98 Å². The Bertz CT molecular complexity index is 626. The van der Waals surface area contributed by atoms with Crippen LogP contribution >= 0.6 is 0 Å². The number of rotatable bonds is 4. The highest BCUT2D eigenvalue weighted by atomic mass is 16.6. The summed E-state index contributed by atoms with van der Waals surface area (Å²) >= 11 is 0. The van der Waals surface area contributed by atoms with Crippen molar-refractivity contribution < 1.29 is 4.92 Å². The Balaban J connectivity index is 2.21. The van der Waals surface area contributed by atoms with E-state index < -0.39 is 4.92 Å². The first-order valence-electron chi connectivity index (χ1n) is 6.21. The molecule has 0 aliphatic carbocycles. The van der Waals surface area contributed by atoms with Gasteiger partial charge in [-0.05, 0) is 19.4 Å². The largest absolute Gasteiger partial charge is 0.383 e. The number of anilines is 2. The molecule has 20 heavy (non-hydrogen) atoms. The van der Waals surface area contributed by atoms with Crippen molar-refractivity contribution >= 4 is 17.3 Å². The first kappa shape index (κ1) is 13.8. The lowest BCUT2D eigenvalue weighted by molar-refractivity contribution is -0.384. The van der Waals surface area contributed by atoms with Gasteiger partial charge in [0.2, 0.25) is 0 Å². The van der Waals surface area contributed by atoms with Gasteiger partial charge in [0.1, 0.15) is 11.6 Å². The number of pyridine rings is 1. The van der Waals surface area contributed by atoms with Crippen LogP contribution in [0.15, 0.2) is 36.4 Å². The van der Waals surface area contributed by atoms with Crippen LogP contribution in [-0.4, -0.2) is 9.91 Å². The van der Waals surface area contributed by atoms with E-state index in [1.165, 1.54) is 17.7 Å². The van der Waals surface area contributed by atoms with Gasteiger partial charge in [-0.15, -0.1) is 0 Å². The van der Waals surface area contributed by atoms with E-state index in [4.69, 9.17) is 5.73 Å². The molecule has 0 saturated heterocycles. The van der Waals surface area contributed by atoms with Crippen LogP contribution in [0, 0.1) is 17.0 Å². The molecule has 0 saturated carbocycles. The maximum absolute atomic E-state index is 10.8. The Hall–Kier alpha value is -2.63. The third-order valence-electron chi connectivity index (χ3n) is 2.98. The van der Waals surface area contributed by atoms with Gasteiger partial charge in [-0.25, -0.2) is 4.98 Å². The van der Waals surface area contributed by atoms with Crippen molar-refractivity contribution in [2.45, 2.75) is 19.9 Å². The molecule has 1 aromatic carbocycles. The minimum absolute atomic E-state index is 0.0236. The van der Waals surface area contributed by atoms with E-state index in [0.29, 0.717) is 5.82 Å². The SMILES string of the molecule is Cc1ccc(C(C)Nc2cc([N+](=O)[O-])cc(N)n2)cc1. The summed E-state index contributed by atoms with van der Waals surface area (Å²) in [7, 11) is 0. The van der Waals surface area contributed by atoms with Crippen LogP contribution in [0.5, 0.6) is 0 Å². The van der Waals surface area contributed by atoms with Crippen LogP contribution in [0.4, 0.5) is 17.3 Å². The molecule has 104 valence electrons. The normalized spacial score (nSPS) is 11.9. The van der Waals surface area contributed by atoms with Crippen molar-refractivity contribution in [2.75, 3.05) is 11.1 Å². The third kappa shape index (κ3) is 3.23. The number of nitrogens with zero attached hydrogens (tertiary/aromatic N) is 2. The number of aryl methyl sites for hydroxylation is 1. The van der Waals surface area contributed by atoms with E-state index in [9.17, 15) is 10.1 Å². The van der Waals surface area contributed by atoms with Crippen molar-refractivity contribution in [3.8, 4) is 0 Å². The molecule has 0 aliphatic heterocycles. The number of nitro groups is 1. The Kier molecular flexibility index (Phi) is 3.84. The van der Waals surface area contributed by atoms with Crippen LogP contribution in [0.25, 0.3) is 0 Å². The van der Waals surface area contributed by atoms with Crippen LogP contribution < -0.4 is 11.1 Å². The number of benzene rings is 1. The molecule has 0 fully saturated rings. The van der Waals surface area contributed by atoms with Gasteiger partial charge in [0.05, 0.1) is 17.1 Å². The molecule has 0 spiro atoms.